The number of thiazole rings is 1. The predicted molar refractivity (Wildman–Crippen MR) is 85.8 cm³/mol. The minimum Gasteiger partial charge on any atom is -0.480 e. The van der Waals surface area contributed by atoms with Crippen LogP contribution in [0, 0.1) is 0 Å². The topological polar surface area (TPSA) is 79.7 Å². The lowest BCUT2D eigenvalue weighted by atomic mass is 10.2. The highest BCUT2D eigenvalue weighted by molar-refractivity contribution is 7.13. The van der Waals surface area contributed by atoms with Crippen LogP contribution in [-0.2, 0) is 9.53 Å². The van der Waals surface area contributed by atoms with Crippen molar-refractivity contribution in [1.29, 1.82) is 0 Å². The lowest BCUT2D eigenvalue weighted by Gasteiger charge is -2.32. The highest BCUT2D eigenvalue weighted by Gasteiger charge is 2.34. The van der Waals surface area contributed by atoms with Crippen molar-refractivity contribution in [3.05, 3.63) is 40.4 Å². The van der Waals surface area contributed by atoms with E-state index >= 15 is 0 Å². The summed E-state index contributed by atoms with van der Waals surface area (Å²) >= 11 is 7.28. The molecule has 3 rings (SSSR count). The molecule has 1 saturated heterocycles. The van der Waals surface area contributed by atoms with E-state index in [9.17, 15) is 14.7 Å². The van der Waals surface area contributed by atoms with Crippen molar-refractivity contribution >= 4 is 34.8 Å². The highest BCUT2D eigenvalue weighted by Crippen LogP contribution is 2.27. The fourth-order valence-corrected chi connectivity index (χ4v) is 3.31. The van der Waals surface area contributed by atoms with E-state index in [1.54, 1.807) is 17.5 Å². The Kier molecular flexibility index (Phi) is 4.61. The molecule has 1 aliphatic rings. The maximum atomic E-state index is 12.6. The first-order valence-corrected chi connectivity index (χ1v) is 8.15. The van der Waals surface area contributed by atoms with E-state index in [1.807, 2.05) is 12.1 Å². The Hall–Kier alpha value is -1.96. The number of rotatable bonds is 3. The van der Waals surface area contributed by atoms with Crippen molar-refractivity contribution in [1.82, 2.24) is 9.88 Å². The molecule has 1 amide bonds. The monoisotopic (exact) mass is 352 g/mol. The first-order chi connectivity index (χ1) is 11.1. The molecule has 1 aliphatic heterocycles. The molecule has 0 radical (unpaired) electrons. The Morgan fingerprint density at radius 2 is 2.26 bits per heavy atom. The van der Waals surface area contributed by atoms with E-state index in [4.69, 9.17) is 16.3 Å². The van der Waals surface area contributed by atoms with Crippen LogP contribution in [0.4, 0.5) is 0 Å². The summed E-state index contributed by atoms with van der Waals surface area (Å²) < 4.78 is 5.14. The molecule has 0 saturated carbocycles. The Labute approximate surface area is 141 Å². The van der Waals surface area contributed by atoms with E-state index in [1.165, 1.54) is 16.2 Å². The standard InChI is InChI=1S/C15H13ClN2O4S/c16-10-3-1-2-9(6-10)13-17-11(8-23-13)14(19)18-4-5-22-7-12(18)15(20)21/h1-3,6,8,12H,4-5,7H2,(H,20,21)/t12-/m0/s1. The van der Waals surface area contributed by atoms with Gasteiger partial charge in [0, 0.05) is 22.5 Å². The zero-order chi connectivity index (χ0) is 16.4. The zero-order valence-electron chi connectivity index (χ0n) is 11.9. The SMILES string of the molecule is O=C(O)[C@@H]1COCCN1C(=O)c1csc(-c2cccc(Cl)c2)n1. The van der Waals surface area contributed by atoms with Gasteiger partial charge >= 0.3 is 5.97 Å². The fourth-order valence-electron chi connectivity index (χ4n) is 2.32. The number of carboxylic acids is 1. The van der Waals surface area contributed by atoms with Crippen molar-refractivity contribution in [2.75, 3.05) is 19.8 Å². The third-order valence-electron chi connectivity index (χ3n) is 3.47. The quantitative estimate of drug-likeness (QED) is 0.917. The molecule has 1 aromatic heterocycles. The maximum absolute atomic E-state index is 12.6. The lowest BCUT2D eigenvalue weighted by molar-refractivity contribution is -0.147. The molecule has 6 nitrogen and oxygen atoms in total. The molecular formula is C15H13ClN2O4S. The van der Waals surface area contributed by atoms with Gasteiger partial charge in [-0.1, -0.05) is 23.7 Å². The predicted octanol–water partition coefficient (Wildman–Crippen LogP) is 2.39. The van der Waals surface area contributed by atoms with E-state index < -0.39 is 17.9 Å². The number of aromatic nitrogens is 1. The molecule has 0 unspecified atom stereocenters. The van der Waals surface area contributed by atoms with Crippen molar-refractivity contribution in [3.8, 4) is 10.6 Å². The van der Waals surface area contributed by atoms with Gasteiger partial charge in [-0.2, -0.15) is 0 Å². The number of carbonyl (C=O) groups excluding carboxylic acids is 1. The molecule has 2 aromatic rings. The van der Waals surface area contributed by atoms with Crippen LogP contribution < -0.4 is 0 Å². The summed E-state index contributed by atoms with van der Waals surface area (Å²) in [5.74, 6) is -1.48. The number of morpholine rings is 1. The number of halogens is 1. The Balaban J connectivity index is 1.84. The molecular weight excluding hydrogens is 340 g/mol. The van der Waals surface area contributed by atoms with Gasteiger partial charge in [0.05, 0.1) is 13.2 Å². The van der Waals surface area contributed by atoms with Gasteiger partial charge in [0.1, 0.15) is 10.7 Å². The summed E-state index contributed by atoms with van der Waals surface area (Å²) in [6.07, 6.45) is 0. The number of benzene rings is 1. The Morgan fingerprint density at radius 3 is 3.00 bits per heavy atom. The first kappa shape index (κ1) is 15.9. The number of carbonyl (C=O) groups is 2. The zero-order valence-corrected chi connectivity index (χ0v) is 13.5. The first-order valence-electron chi connectivity index (χ1n) is 6.89. The lowest BCUT2D eigenvalue weighted by Crippen LogP contribution is -2.52. The van der Waals surface area contributed by atoms with E-state index in [0.29, 0.717) is 16.6 Å². The molecule has 1 aromatic carbocycles. The summed E-state index contributed by atoms with van der Waals surface area (Å²) in [5.41, 5.74) is 1.05. The van der Waals surface area contributed by atoms with Crippen LogP contribution in [0.1, 0.15) is 10.5 Å². The molecule has 1 atom stereocenters. The van der Waals surface area contributed by atoms with Gasteiger partial charge in [0.2, 0.25) is 0 Å². The molecule has 1 fully saturated rings. The minimum absolute atomic E-state index is 0.00758. The Bertz CT molecular complexity index is 749. The second-order valence-corrected chi connectivity index (χ2v) is 6.27. The molecule has 0 spiro atoms. The number of carboxylic acid groups (broad SMARTS) is 1. The average molecular weight is 353 g/mol. The van der Waals surface area contributed by atoms with E-state index in [0.717, 1.165) is 5.56 Å². The maximum Gasteiger partial charge on any atom is 0.328 e. The van der Waals surface area contributed by atoms with Crippen molar-refractivity contribution in [2.45, 2.75) is 6.04 Å². The summed E-state index contributed by atoms with van der Waals surface area (Å²) in [6, 6.07) is 6.21. The van der Waals surface area contributed by atoms with Gasteiger partial charge in [-0.05, 0) is 12.1 Å². The number of ether oxygens (including phenoxy) is 1. The van der Waals surface area contributed by atoms with Crippen molar-refractivity contribution < 1.29 is 19.4 Å². The second kappa shape index (κ2) is 6.66. The number of nitrogens with zero attached hydrogens (tertiary/aromatic N) is 2. The van der Waals surface area contributed by atoms with Gasteiger partial charge < -0.3 is 14.7 Å². The third-order valence-corrected chi connectivity index (χ3v) is 4.60. The highest BCUT2D eigenvalue weighted by atomic mass is 35.5. The van der Waals surface area contributed by atoms with Crippen molar-refractivity contribution in [3.63, 3.8) is 0 Å². The summed E-state index contributed by atoms with van der Waals surface area (Å²) in [6.45, 7) is 0.549. The minimum atomic E-state index is -1.08. The van der Waals surface area contributed by atoms with Crippen LogP contribution in [0.5, 0.6) is 0 Å². The van der Waals surface area contributed by atoms with Gasteiger partial charge in [0.25, 0.3) is 5.91 Å². The molecule has 8 heteroatoms. The summed E-state index contributed by atoms with van der Waals surface area (Å²) in [7, 11) is 0. The van der Waals surface area contributed by atoms with Crippen LogP contribution in [0.15, 0.2) is 29.6 Å². The van der Waals surface area contributed by atoms with Gasteiger partial charge in [-0.15, -0.1) is 11.3 Å². The van der Waals surface area contributed by atoms with Crippen LogP contribution in [-0.4, -0.2) is 52.7 Å². The van der Waals surface area contributed by atoms with Gasteiger partial charge in [0.15, 0.2) is 6.04 Å². The normalized spacial score (nSPS) is 18.0. The number of aliphatic carboxylic acids is 1. The number of hydrogen-bond donors (Lipinski definition) is 1. The molecule has 0 bridgehead atoms. The molecule has 23 heavy (non-hydrogen) atoms. The van der Waals surface area contributed by atoms with Crippen molar-refractivity contribution in [2.24, 2.45) is 0 Å². The van der Waals surface area contributed by atoms with Gasteiger partial charge in [-0.3, -0.25) is 4.79 Å². The fraction of sp³-hybridized carbons (Fsp3) is 0.267. The summed E-state index contributed by atoms with van der Waals surface area (Å²) in [4.78, 5) is 29.4. The van der Waals surface area contributed by atoms with Crippen LogP contribution in [0.3, 0.4) is 0 Å². The molecule has 1 N–H and O–H groups in total. The van der Waals surface area contributed by atoms with Crippen LogP contribution in [0.25, 0.3) is 10.6 Å². The molecule has 120 valence electrons. The number of hydrogen-bond acceptors (Lipinski definition) is 5. The number of amides is 1. The van der Waals surface area contributed by atoms with Crippen LogP contribution >= 0.6 is 22.9 Å². The average Bonchev–Trinajstić information content (AvgIpc) is 3.04. The molecule has 2 heterocycles. The van der Waals surface area contributed by atoms with E-state index in [2.05, 4.69) is 4.98 Å². The third kappa shape index (κ3) is 3.36. The summed E-state index contributed by atoms with van der Waals surface area (Å²) in [5, 5.41) is 12.1. The Morgan fingerprint density at radius 1 is 1.43 bits per heavy atom. The smallest absolute Gasteiger partial charge is 0.328 e. The van der Waals surface area contributed by atoms with E-state index in [-0.39, 0.29) is 18.8 Å². The molecule has 0 aliphatic carbocycles. The van der Waals surface area contributed by atoms with Crippen LogP contribution in [0.2, 0.25) is 5.02 Å². The second-order valence-electron chi connectivity index (χ2n) is 4.98. The van der Waals surface area contributed by atoms with Gasteiger partial charge in [-0.25, -0.2) is 9.78 Å². The largest absolute Gasteiger partial charge is 0.480 e.